The summed E-state index contributed by atoms with van der Waals surface area (Å²) in [4.78, 5) is 1.06. The molecule has 0 atom stereocenters. The molecule has 1 saturated heterocycles. The van der Waals surface area contributed by atoms with E-state index in [0.717, 1.165) is 16.1 Å². The second-order valence-corrected chi connectivity index (χ2v) is 8.12. The molecule has 0 spiro atoms. The van der Waals surface area contributed by atoms with Crippen molar-refractivity contribution in [2.45, 2.75) is 49.5 Å². The van der Waals surface area contributed by atoms with Gasteiger partial charge in [-0.2, -0.15) is 0 Å². The van der Waals surface area contributed by atoms with Gasteiger partial charge in [0.1, 0.15) is 5.82 Å². The van der Waals surface area contributed by atoms with Gasteiger partial charge in [-0.05, 0) is 63.0 Å². The zero-order chi connectivity index (χ0) is 17.4. The lowest BCUT2D eigenvalue weighted by atomic mass is 9.79. The molecule has 0 amide bonds. The van der Waals surface area contributed by atoms with Crippen LogP contribution in [-0.2, 0) is 15.1 Å². The van der Waals surface area contributed by atoms with E-state index in [4.69, 9.17) is 9.31 Å². The SMILES string of the molecule is CC1(C)OB(c2ccc(CSc3ccc(F)cc3)cc2)OC1(C)C. The first-order valence-corrected chi connectivity index (χ1v) is 9.08. The average molecular weight is 344 g/mol. The van der Waals surface area contributed by atoms with Crippen molar-refractivity contribution < 1.29 is 13.7 Å². The van der Waals surface area contributed by atoms with Gasteiger partial charge in [0, 0.05) is 10.6 Å². The van der Waals surface area contributed by atoms with Gasteiger partial charge in [-0.3, -0.25) is 0 Å². The fraction of sp³-hybridized carbons (Fsp3) is 0.368. The maximum absolute atomic E-state index is 12.9. The van der Waals surface area contributed by atoms with Crippen LogP contribution < -0.4 is 5.46 Å². The fourth-order valence-electron chi connectivity index (χ4n) is 2.45. The van der Waals surface area contributed by atoms with Crippen molar-refractivity contribution in [3.63, 3.8) is 0 Å². The first-order chi connectivity index (χ1) is 11.3. The summed E-state index contributed by atoms with van der Waals surface area (Å²) in [6.45, 7) is 8.23. The van der Waals surface area contributed by atoms with Crippen LogP contribution in [0.15, 0.2) is 53.4 Å². The Morgan fingerprint density at radius 3 is 1.96 bits per heavy atom. The number of hydrogen-bond acceptors (Lipinski definition) is 3. The zero-order valence-corrected chi connectivity index (χ0v) is 15.3. The van der Waals surface area contributed by atoms with Gasteiger partial charge in [0.2, 0.25) is 0 Å². The van der Waals surface area contributed by atoms with Crippen molar-refractivity contribution in [1.29, 1.82) is 0 Å². The van der Waals surface area contributed by atoms with Crippen LogP contribution in [-0.4, -0.2) is 18.3 Å². The Bertz CT molecular complexity index is 682. The van der Waals surface area contributed by atoms with Crippen LogP contribution in [0.1, 0.15) is 33.3 Å². The monoisotopic (exact) mass is 344 g/mol. The Balaban J connectivity index is 1.63. The molecule has 0 bridgehead atoms. The van der Waals surface area contributed by atoms with Gasteiger partial charge < -0.3 is 9.31 Å². The Morgan fingerprint density at radius 2 is 1.42 bits per heavy atom. The third-order valence-electron chi connectivity index (χ3n) is 4.72. The summed E-state index contributed by atoms with van der Waals surface area (Å²) in [5.41, 5.74) is 1.59. The molecule has 1 aliphatic heterocycles. The lowest BCUT2D eigenvalue weighted by Gasteiger charge is -2.32. The van der Waals surface area contributed by atoms with E-state index >= 15 is 0 Å². The standard InChI is InChI=1S/C19H22BFO2S/c1-18(2)19(3,4)23-20(22-18)15-7-5-14(6-8-15)13-24-17-11-9-16(21)10-12-17/h5-12H,13H2,1-4H3. The van der Waals surface area contributed by atoms with Crippen molar-refractivity contribution in [3.8, 4) is 0 Å². The molecule has 1 heterocycles. The van der Waals surface area contributed by atoms with Crippen molar-refractivity contribution >= 4 is 24.3 Å². The van der Waals surface area contributed by atoms with Crippen LogP contribution in [0.2, 0.25) is 0 Å². The van der Waals surface area contributed by atoms with Crippen LogP contribution in [0.5, 0.6) is 0 Å². The Labute approximate surface area is 147 Å². The van der Waals surface area contributed by atoms with E-state index < -0.39 is 0 Å². The molecule has 0 N–H and O–H groups in total. The van der Waals surface area contributed by atoms with E-state index in [2.05, 4.69) is 52.0 Å². The summed E-state index contributed by atoms with van der Waals surface area (Å²) >= 11 is 1.69. The van der Waals surface area contributed by atoms with Crippen LogP contribution in [0.25, 0.3) is 0 Å². The third kappa shape index (κ3) is 3.69. The summed E-state index contributed by atoms with van der Waals surface area (Å²) < 4.78 is 25.1. The number of benzene rings is 2. The normalized spacial score (nSPS) is 18.8. The molecule has 24 heavy (non-hydrogen) atoms. The molecule has 126 valence electrons. The van der Waals surface area contributed by atoms with Gasteiger partial charge in [0.25, 0.3) is 0 Å². The maximum Gasteiger partial charge on any atom is 0.494 e. The summed E-state index contributed by atoms with van der Waals surface area (Å²) in [6.07, 6.45) is 0. The minimum absolute atomic E-state index is 0.203. The van der Waals surface area contributed by atoms with Crippen LogP contribution in [0.4, 0.5) is 4.39 Å². The van der Waals surface area contributed by atoms with E-state index in [9.17, 15) is 4.39 Å². The van der Waals surface area contributed by atoms with Gasteiger partial charge in [0.05, 0.1) is 11.2 Å². The molecule has 2 nitrogen and oxygen atoms in total. The summed E-state index contributed by atoms with van der Waals surface area (Å²) in [5, 5.41) is 0. The third-order valence-corrected chi connectivity index (χ3v) is 5.81. The highest BCUT2D eigenvalue weighted by molar-refractivity contribution is 7.98. The molecular weight excluding hydrogens is 322 g/mol. The van der Waals surface area contributed by atoms with E-state index in [1.807, 2.05) is 0 Å². The fourth-order valence-corrected chi connectivity index (χ4v) is 3.30. The molecule has 0 unspecified atom stereocenters. The highest BCUT2D eigenvalue weighted by Gasteiger charge is 2.51. The molecule has 0 aliphatic carbocycles. The van der Waals surface area contributed by atoms with Crippen molar-refractivity contribution in [3.05, 3.63) is 59.9 Å². The average Bonchev–Trinajstić information content (AvgIpc) is 2.75. The number of thioether (sulfide) groups is 1. The second-order valence-electron chi connectivity index (χ2n) is 7.07. The minimum Gasteiger partial charge on any atom is -0.399 e. The molecule has 2 aromatic carbocycles. The maximum atomic E-state index is 12.9. The first-order valence-electron chi connectivity index (χ1n) is 8.10. The zero-order valence-electron chi connectivity index (χ0n) is 14.5. The smallest absolute Gasteiger partial charge is 0.399 e. The molecular formula is C19H22BFO2S. The molecule has 1 aliphatic rings. The van der Waals surface area contributed by atoms with E-state index in [1.165, 1.54) is 17.7 Å². The Kier molecular flexibility index (Phi) is 4.78. The number of hydrogen-bond donors (Lipinski definition) is 0. The molecule has 0 radical (unpaired) electrons. The van der Waals surface area contributed by atoms with Crippen LogP contribution in [0.3, 0.4) is 0 Å². The largest absolute Gasteiger partial charge is 0.494 e. The topological polar surface area (TPSA) is 18.5 Å². The van der Waals surface area contributed by atoms with Gasteiger partial charge in [-0.15, -0.1) is 11.8 Å². The van der Waals surface area contributed by atoms with Crippen molar-refractivity contribution in [1.82, 2.24) is 0 Å². The molecule has 3 rings (SSSR count). The summed E-state index contributed by atoms with van der Waals surface area (Å²) in [5.74, 6) is 0.640. The van der Waals surface area contributed by atoms with Crippen molar-refractivity contribution in [2.75, 3.05) is 0 Å². The highest BCUT2D eigenvalue weighted by Crippen LogP contribution is 2.36. The van der Waals surface area contributed by atoms with Crippen molar-refractivity contribution in [2.24, 2.45) is 0 Å². The number of halogens is 1. The highest BCUT2D eigenvalue weighted by atomic mass is 32.2. The molecule has 1 fully saturated rings. The Hall–Kier alpha value is -1.30. The molecule has 2 aromatic rings. The Morgan fingerprint density at radius 1 is 0.875 bits per heavy atom. The van der Waals surface area contributed by atoms with Gasteiger partial charge in [0.15, 0.2) is 0 Å². The number of rotatable bonds is 4. The van der Waals surface area contributed by atoms with Gasteiger partial charge in [-0.1, -0.05) is 24.3 Å². The predicted molar refractivity (Wildman–Crippen MR) is 98.1 cm³/mol. The first kappa shape index (κ1) is 17.5. The van der Waals surface area contributed by atoms with Crippen LogP contribution in [0, 0.1) is 5.82 Å². The van der Waals surface area contributed by atoms with E-state index in [1.54, 1.807) is 23.9 Å². The lowest BCUT2D eigenvalue weighted by Crippen LogP contribution is -2.41. The lowest BCUT2D eigenvalue weighted by molar-refractivity contribution is 0.00578. The predicted octanol–water partition coefficient (Wildman–Crippen LogP) is 4.42. The van der Waals surface area contributed by atoms with Gasteiger partial charge >= 0.3 is 7.12 Å². The molecule has 0 aromatic heterocycles. The molecule has 5 heteroatoms. The van der Waals surface area contributed by atoms with E-state index in [0.29, 0.717) is 0 Å². The second kappa shape index (κ2) is 6.55. The summed E-state index contributed by atoms with van der Waals surface area (Å²) in [7, 11) is -0.325. The minimum atomic E-state index is -0.325. The molecule has 0 saturated carbocycles. The summed E-state index contributed by atoms with van der Waals surface area (Å²) in [6, 6.07) is 14.9. The van der Waals surface area contributed by atoms with Gasteiger partial charge in [-0.25, -0.2) is 4.39 Å². The quantitative estimate of drug-likeness (QED) is 0.604. The van der Waals surface area contributed by atoms with E-state index in [-0.39, 0.29) is 24.1 Å². The van der Waals surface area contributed by atoms with Crippen LogP contribution >= 0.6 is 11.8 Å².